The second kappa shape index (κ2) is 9.56. The summed E-state index contributed by atoms with van der Waals surface area (Å²) in [7, 11) is 0. The number of hydrogen-bond donors (Lipinski definition) is 0. The van der Waals surface area contributed by atoms with Gasteiger partial charge in [0.25, 0.3) is 0 Å². The molecule has 1 aliphatic heterocycles. The maximum Gasteiger partial charge on any atom is 0.138 e. The molecule has 162 valence electrons. The van der Waals surface area contributed by atoms with E-state index in [0.29, 0.717) is 5.56 Å². The summed E-state index contributed by atoms with van der Waals surface area (Å²) >= 11 is 0. The molecule has 0 atom stereocenters. The van der Waals surface area contributed by atoms with Gasteiger partial charge in [-0.15, -0.1) is 0 Å². The SMILES string of the molecule is N#Cc1cccc(-c2ccc(OC3CN(Cc4ccc(Oc5ccccc5)cc4)C3)cn2)c1. The Balaban J connectivity index is 1.10. The first-order chi connectivity index (χ1) is 16.2. The summed E-state index contributed by atoms with van der Waals surface area (Å²) in [5, 5.41) is 9.07. The van der Waals surface area contributed by atoms with Crippen molar-refractivity contribution in [3.05, 3.63) is 108 Å². The van der Waals surface area contributed by atoms with Gasteiger partial charge < -0.3 is 9.47 Å². The Labute approximate surface area is 193 Å². The third-order valence-corrected chi connectivity index (χ3v) is 5.56. The van der Waals surface area contributed by atoms with Crippen LogP contribution in [0.1, 0.15) is 11.1 Å². The number of pyridine rings is 1. The zero-order chi connectivity index (χ0) is 22.5. The molecular formula is C28H23N3O2. The predicted molar refractivity (Wildman–Crippen MR) is 127 cm³/mol. The summed E-state index contributed by atoms with van der Waals surface area (Å²) in [6.07, 6.45) is 1.92. The Morgan fingerprint density at radius 1 is 0.848 bits per heavy atom. The molecule has 33 heavy (non-hydrogen) atoms. The summed E-state index contributed by atoms with van der Waals surface area (Å²) in [5.74, 6) is 2.44. The third kappa shape index (κ3) is 5.20. The molecule has 0 amide bonds. The average molecular weight is 434 g/mol. The maximum absolute atomic E-state index is 9.07. The van der Waals surface area contributed by atoms with Gasteiger partial charge in [-0.25, -0.2) is 0 Å². The molecule has 0 spiro atoms. The van der Waals surface area contributed by atoms with E-state index >= 15 is 0 Å². The van der Waals surface area contributed by atoms with E-state index in [2.05, 4.69) is 28.1 Å². The number of nitrogens with zero attached hydrogens (tertiary/aromatic N) is 3. The number of para-hydroxylation sites is 1. The molecular weight excluding hydrogens is 410 g/mol. The summed E-state index contributed by atoms with van der Waals surface area (Å²) in [4.78, 5) is 6.85. The van der Waals surface area contributed by atoms with Gasteiger partial charge >= 0.3 is 0 Å². The van der Waals surface area contributed by atoms with Crippen LogP contribution in [0.5, 0.6) is 17.2 Å². The number of likely N-dealkylation sites (tertiary alicyclic amines) is 1. The van der Waals surface area contributed by atoms with Gasteiger partial charge in [0.15, 0.2) is 0 Å². The number of ether oxygens (including phenoxy) is 2. The van der Waals surface area contributed by atoms with Crippen molar-refractivity contribution in [3.8, 4) is 34.6 Å². The molecule has 0 radical (unpaired) electrons. The van der Waals surface area contributed by atoms with E-state index in [-0.39, 0.29) is 6.10 Å². The van der Waals surface area contributed by atoms with Crippen molar-refractivity contribution in [1.29, 1.82) is 5.26 Å². The van der Waals surface area contributed by atoms with Crippen LogP contribution in [-0.4, -0.2) is 29.1 Å². The minimum atomic E-state index is 0.167. The Morgan fingerprint density at radius 3 is 2.33 bits per heavy atom. The Hall–Kier alpha value is -4.14. The quantitative estimate of drug-likeness (QED) is 0.376. The van der Waals surface area contributed by atoms with Crippen molar-refractivity contribution >= 4 is 0 Å². The van der Waals surface area contributed by atoms with Crippen LogP contribution in [0.4, 0.5) is 0 Å². The Kier molecular flexibility index (Phi) is 6.01. The Morgan fingerprint density at radius 2 is 1.61 bits per heavy atom. The molecule has 0 unspecified atom stereocenters. The summed E-state index contributed by atoms with van der Waals surface area (Å²) < 4.78 is 11.9. The summed E-state index contributed by atoms with van der Waals surface area (Å²) in [5.41, 5.74) is 3.63. The lowest BCUT2D eigenvalue weighted by molar-refractivity contribution is 0.0144. The van der Waals surface area contributed by atoms with Crippen molar-refractivity contribution < 1.29 is 9.47 Å². The van der Waals surface area contributed by atoms with Crippen molar-refractivity contribution in [2.75, 3.05) is 13.1 Å². The van der Waals surface area contributed by atoms with E-state index in [1.54, 1.807) is 12.3 Å². The first kappa shape index (κ1) is 20.7. The molecule has 2 heterocycles. The van der Waals surface area contributed by atoms with Gasteiger partial charge in [-0.2, -0.15) is 5.26 Å². The fraction of sp³-hybridized carbons (Fsp3) is 0.143. The highest BCUT2D eigenvalue weighted by Crippen LogP contribution is 2.25. The summed E-state index contributed by atoms with van der Waals surface area (Å²) in [6.45, 7) is 2.65. The van der Waals surface area contributed by atoms with Crippen molar-refractivity contribution in [3.63, 3.8) is 0 Å². The van der Waals surface area contributed by atoms with E-state index in [4.69, 9.17) is 14.7 Å². The smallest absolute Gasteiger partial charge is 0.138 e. The van der Waals surface area contributed by atoms with E-state index in [1.165, 1.54) is 5.56 Å². The van der Waals surface area contributed by atoms with Crippen molar-refractivity contribution in [2.45, 2.75) is 12.6 Å². The lowest BCUT2D eigenvalue weighted by atomic mass is 10.1. The second-order valence-electron chi connectivity index (χ2n) is 8.06. The molecule has 5 rings (SSSR count). The van der Waals surface area contributed by atoms with E-state index in [9.17, 15) is 0 Å². The molecule has 0 N–H and O–H groups in total. The normalized spacial score (nSPS) is 13.7. The minimum absolute atomic E-state index is 0.167. The highest BCUT2D eigenvalue weighted by atomic mass is 16.5. The van der Waals surface area contributed by atoms with Gasteiger partial charge in [0.1, 0.15) is 23.4 Å². The number of benzene rings is 3. The van der Waals surface area contributed by atoms with Gasteiger partial charge in [-0.3, -0.25) is 9.88 Å². The second-order valence-corrected chi connectivity index (χ2v) is 8.06. The van der Waals surface area contributed by atoms with Crippen molar-refractivity contribution in [1.82, 2.24) is 9.88 Å². The standard InChI is InChI=1S/C28H23N3O2/c29-16-22-5-4-6-23(15-22)28-14-13-26(17-30-28)33-27-19-31(20-27)18-21-9-11-25(12-10-21)32-24-7-2-1-3-8-24/h1-15,17,27H,18-20H2. The van der Waals surface area contributed by atoms with E-state index in [0.717, 1.165) is 48.1 Å². The fourth-order valence-electron chi connectivity index (χ4n) is 3.83. The fourth-order valence-corrected chi connectivity index (χ4v) is 3.83. The van der Waals surface area contributed by atoms with Gasteiger partial charge in [0, 0.05) is 25.2 Å². The van der Waals surface area contributed by atoms with Crippen LogP contribution in [0.15, 0.2) is 97.2 Å². The van der Waals surface area contributed by atoms with Crippen LogP contribution in [0.2, 0.25) is 0 Å². The molecule has 0 saturated carbocycles. The molecule has 5 heteroatoms. The van der Waals surface area contributed by atoms with Crippen LogP contribution >= 0.6 is 0 Å². The number of rotatable bonds is 7. The number of aromatic nitrogens is 1. The Bertz CT molecular complexity index is 1240. The molecule has 0 aliphatic carbocycles. The zero-order valence-corrected chi connectivity index (χ0v) is 18.1. The molecule has 3 aromatic carbocycles. The molecule has 4 aromatic rings. The van der Waals surface area contributed by atoms with Crippen LogP contribution < -0.4 is 9.47 Å². The first-order valence-corrected chi connectivity index (χ1v) is 10.9. The van der Waals surface area contributed by atoms with Crippen LogP contribution in [0.3, 0.4) is 0 Å². The van der Waals surface area contributed by atoms with Crippen LogP contribution in [0, 0.1) is 11.3 Å². The topological polar surface area (TPSA) is 58.4 Å². The van der Waals surface area contributed by atoms with Crippen LogP contribution in [0.25, 0.3) is 11.3 Å². The van der Waals surface area contributed by atoms with Crippen LogP contribution in [-0.2, 0) is 6.54 Å². The summed E-state index contributed by atoms with van der Waals surface area (Å²) in [6, 6.07) is 31.5. The lowest BCUT2D eigenvalue weighted by Gasteiger charge is -2.39. The van der Waals surface area contributed by atoms with E-state index < -0.39 is 0 Å². The minimum Gasteiger partial charge on any atom is -0.486 e. The lowest BCUT2D eigenvalue weighted by Crippen LogP contribution is -2.53. The first-order valence-electron chi connectivity index (χ1n) is 10.9. The van der Waals surface area contributed by atoms with E-state index in [1.807, 2.05) is 72.8 Å². The molecule has 0 bridgehead atoms. The highest BCUT2D eigenvalue weighted by molar-refractivity contribution is 5.61. The molecule has 1 fully saturated rings. The van der Waals surface area contributed by atoms with Crippen molar-refractivity contribution in [2.24, 2.45) is 0 Å². The maximum atomic E-state index is 9.07. The number of hydrogen-bond acceptors (Lipinski definition) is 5. The largest absolute Gasteiger partial charge is 0.486 e. The van der Waals surface area contributed by atoms with Gasteiger partial charge in [-0.05, 0) is 54.1 Å². The highest BCUT2D eigenvalue weighted by Gasteiger charge is 2.28. The molecule has 1 aromatic heterocycles. The molecule has 1 saturated heterocycles. The number of nitriles is 1. The average Bonchev–Trinajstić information content (AvgIpc) is 2.85. The zero-order valence-electron chi connectivity index (χ0n) is 18.1. The monoisotopic (exact) mass is 433 g/mol. The molecule has 5 nitrogen and oxygen atoms in total. The molecule has 1 aliphatic rings. The van der Waals surface area contributed by atoms with Gasteiger partial charge in [-0.1, -0.05) is 42.5 Å². The third-order valence-electron chi connectivity index (χ3n) is 5.56. The van der Waals surface area contributed by atoms with Gasteiger partial charge in [0.2, 0.25) is 0 Å². The predicted octanol–water partition coefficient (Wildman–Crippen LogP) is 5.68. The van der Waals surface area contributed by atoms with Gasteiger partial charge in [0.05, 0.1) is 23.5 Å².